The molecule has 2 saturated carbocycles. The Balaban J connectivity index is 1.84. The molecule has 0 heterocycles. The van der Waals surface area contributed by atoms with Crippen molar-refractivity contribution in [3.05, 3.63) is 60.7 Å². The molecule has 0 N–H and O–H groups in total. The Bertz CT molecular complexity index is 801. The van der Waals surface area contributed by atoms with Gasteiger partial charge in [0, 0.05) is 28.6 Å². The molecule has 25 heavy (non-hydrogen) atoms. The van der Waals surface area contributed by atoms with Gasteiger partial charge in [-0.3, -0.25) is 4.79 Å². The summed E-state index contributed by atoms with van der Waals surface area (Å²) < 4.78 is 14.4. The van der Waals surface area contributed by atoms with Crippen LogP contribution in [0.25, 0.3) is 0 Å². The van der Waals surface area contributed by atoms with Gasteiger partial charge in [-0.15, -0.1) is 0 Å². The molecule has 4 rings (SSSR count). The third kappa shape index (κ3) is 2.30. The van der Waals surface area contributed by atoms with Gasteiger partial charge in [-0.2, -0.15) is 0 Å². The van der Waals surface area contributed by atoms with Crippen LogP contribution < -0.4 is 10.6 Å². The summed E-state index contributed by atoms with van der Waals surface area (Å²) in [5.74, 6) is 0.740. The van der Waals surface area contributed by atoms with Crippen molar-refractivity contribution in [2.45, 2.75) is 33.1 Å². The Kier molecular flexibility index (Phi) is 3.81. The molecule has 0 aromatic heterocycles. The van der Waals surface area contributed by atoms with Gasteiger partial charge >= 0.3 is 0 Å². The van der Waals surface area contributed by atoms with Crippen molar-refractivity contribution in [3.63, 3.8) is 0 Å². The number of hydrogen-bond acceptors (Lipinski definition) is 2. The second-order valence-electron chi connectivity index (χ2n) is 8.18. The van der Waals surface area contributed by atoms with E-state index in [4.69, 9.17) is 0 Å². The fourth-order valence-corrected chi connectivity index (χ4v) is 8.69. The Labute approximate surface area is 150 Å². The van der Waals surface area contributed by atoms with Crippen LogP contribution in [0.3, 0.4) is 0 Å². The lowest BCUT2D eigenvalue weighted by molar-refractivity contribution is -0.128. The lowest BCUT2D eigenvalue weighted by atomic mass is 9.70. The van der Waals surface area contributed by atoms with Gasteiger partial charge in [0.25, 0.3) is 0 Å². The summed E-state index contributed by atoms with van der Waals surface area (Å²) in [6, 6.07) is 19.7. The first kappa shape index (κ1) is 16.8. The second kappa shape index (κ2) is 5.68. The van der Waals surface area contributed by atoms with Crippen molar-refractivity contribution in [2.24, 2.45) is 16.7 Å². The Hall–Kier alpha value is -1.66. The molecular weight excluding hydrogens is 327 g/mol. The monoisotopic (exact) mass is 352 g/mol. The predicted octanol–water partition coefficient (Wildman–Crippen LogP) is 4.40. The van der Waals surface area contributed by atoms with Gasteiger partial charge < -0.3 is 4.57 Å². The van der Waals surface area contributed by atoms with E-state index >= 15 is 0 Å². The molecule has 0 radical (unpaired) electrons. The van der Waals surface area contributed by atoms with Crippen molar-refractivity contribution < 1.29 is 9.36 Å². The maximum absolute atomic E-state index is 14.4. The van der Waals surface area contributed by atoms with Crippen molar-refractivity contribution in [3.8, 4) is 0 Å². The third-order valence-corrected chi connectivity index (χ3v) is 10.5. The minimum atomic E-state index is -2.79. The lowest BCUT2D eigenvalue weighted by Crippen LogP contribution is -2.40. The standard InChI is InChI=1S/C22H25O2P/c1-21-14-13-17(15-20(21)23)22(21,2)16-25(24,18-9-5-3-6-10-18)19-11-7-4-8-12-19/h3-12,17H,13-16H2,1-2H3/t17-,21+,22+/m0/s1. The SMILES string of the molecule is C[C@@]12CC[C@@H](CC1=O)[C@@]2(C)CP(=O)(c1ccccc1)c1ccccc1. The summed E-state index contributed by atoms with van der Waals surface area (Å²) in [5, 5.41) is 1.81. The Morgan fingerprint density at radius 1 is 0.960 bits per heavy atom. The highest BCUT2D eigenvalue weighted by molar-refractivity contribution is 7.78. The summed E-state index contributed by atoms with van der Waals surface area (Å²) in [6.07, 6.45) is 3.27. The first-order valence-electron chi connectivity index (χ1n) is 9.14. The number of ketones is 1. The minimum Gasteiger partial charge on any atom is -0.314 e. The third-order valence-electron chi connectivity index (χ3n) is 7.10. The van der Waals surface area contributed by atoms with E-state index < -0.39 is 7.14 Å². The van der Waals surface area contributed by atoms with Crippen molar-refractivity contribution >= 4 is 23.5 Å². The number of carbonyl (C=O) groups is 1. The first-order chi connectivity index (χ1) is 11.9. The van der Waals surface area contributed by atoms with Crippen LogP contribution >= 0.6 is 7.14 Å². The number of carbonyl (C=O) groups excluding carboxylic acids is 1. The largest absolute Gasteiger partial charge is 0.314 e. The van der Waals surface area contributed by atoms with Crippen molar-refractivity contribution in [1.29, 1.82) is 0 Å². The smallest absolute Gasteiger partial charge is 0.143 e. The Morgan fingerprint density at radius 3 is 1.88 bits per heavy atom. The highest BCUT2D eigenvalue weighted by Crippen LogP contribution is 2.68. The number of hydrogen-bond donors (Lipinski definition) is 0. The number of rotatable bonds is 4. The lowest BCUT2D eigenvalue weighted by Gasteiger charge is -2.39. The van der Waals surface area contributed by atoms with Gasteiger partial charge in [0.2, 0.25) is 0 Å². The van der Waals surface area contributed by atoms with E-state index in [1.165, 1.54) is 0 Å². The van der Waals surface area contributed by atoms with Gasteiger partial charge in [-0.1, -0.05) is 74.5 Å². The maximum atomic E-state index is 14.4. The van der Waals surface area contributed by atoms with Crippen molar-refractivity contribution in [1.82, 2.24) is 0 Å². The highest BCUT2D eigenvalue weighted by atomic mass is 31.2. The fraction of sp³-hybridized carbons (Fsp3) is 0.409. The minimum absolute atomic E-state index is 0.189. The predicted molar refractivity (Wildman–Crippen MR) is 103 cm³/mol. The van der Waals surface area contributed by atoms with Crippen molar-refractivity contribution in [2.75, 3.05) is 6.16 Å². The van der Waals surface area contributed by atoms with Gasteiger partial charge in [0.05, 0.1) is 0 Å². The molecule has 2 bridgehead atoms. The van der Waals surface area contributed by atoms with Crippen LogP contribution in [-0.2, 0) is 9.36 Å². The molecule has 3 heteroatoms. The van der Waals surface area contributed by atoms with Gasteiger partial charge in [0.1, 0.15) is 12.9 Å². The van der Waals surface area contributed by atoms with Crippen LogP contribution in [0.15, 0.2) is 60.7 Å². The number of benzene rings is 2. The summed E-state index contributed by atoms with van der Waals surface area (Å²) in [6.45, 7) is 4.33. The van der Waals surface area contributed by atoms with Crippen LogP contribution in [0.2, 0.25) is 0 Å². The molecule has 2 aromatic rings. The zero-order valence-corrected chi connectivity index (χ0v) is 15.8. The molecule has 2 fully saturated rings. The van der Waals surface area contributed by atoms with Crippen LogP contribution in [0.5, 0.6) is 0 Å². The topological polar surface area (TPSA) is 34.1 Å². The highest BCUT2D eigenvalue weighted by Gasteiger charge is 2.65. The average molecular weight is 352 g/mol. The van der Waals surface area contributed by atoms with E-state index in [-0.39, 0.29) is 10.8 Å². The normalized spacial score (nSPS) is 31.4. The molecule has 2 aliphatic rings. The number of fused-ring (bicyclic) bond motifs is 2. The molecule has 0 unspecified atom stereocenters. The summed E-state index contributed by atoms with van der Waals surface area (Å²) in [4.78, 5) is 12.6. The average Bonchev–Trinajstić information content (AvgIpc) is 2.98. The van der Waals surface area contributed by atoms with Gasteiger partial charge in [0.15, 0.2) is 0 Å². The van der Waals surface area contributed by atoms with Gasteiger partial charge in [-0.05, 0) is 24.2 Å². The molecule has 0 spiro atoms. The van der Waals surface area contributed by atoms with Crippen LogP contribution in [0, 0.1) is 16.7 Å². The summed E-state index contributed by atoms with van der Waals surface area (Å²) in [7, 11) is -2.79. The van der Waals surface area contributed by atoms with Gasteiger partial charge in [-0.25, -0.2) is 0 Å². The van der Waals surface area contributed by atoms with E-state index in [1.54, 1.807) is 0 Å². The second-order valence-corrected chi connectivity index (χ2v) is 11.0. The molecule has 2 nitrogen and oxygen atoms in total. The Morgan fingerprint density at radius 2 is 1.48 bits per heavy atom. The van der Waals surface area contributed by atoms with E-state index in [9.17, 15) is 9.36 Å². The van der Waals surface area contributed by atoms with E-state index in [2.05, 4.69) is 13.8 Å². The molecule has 0 saturated heterocycles. The molecule has 3 atom stereocenters. The van der Waals surface area contributed by atoms with Crippen LogP contribution in [0.4, 0.5) is 0 Å². The first-order valence-corrected chi connectivity index (χ1v) is 11.0. The summed E-state index contributed by atoms with van der Waals surface area (Å²) in [5.41, 5.74) is -0.512. The zero-order valence-electron chi connectivity index (χ0n) is 14.9. The summed E-state index contributed by atoms with van der Waals surface area (Å²) >= 11 is 0. The molecular formula is C22H25O2P. The molecule has 2 aromatic carbocycles. The maximum Gasteiger partial charge on any atom is 0.143 e. The molecule has 2 aliphatic carbocycles. The quantitative estimate of drug-likeness (QED) is 0.765. The number of Topliss-reactive ketones (excluding diaryl/α,β-unsaturated/α-hetero) is 1. The van der Waals surface area contributed by atoms with Crippen LogP contribution in [-0.4, -0.2) is 11.9 Å². The van der Waals surface area contributed by atoms with E-state index in [0.717, 1.165) is 23.5 Å². The van der Waals surface area contributed by atoms with E-state index in [1.807, 2.05) is 60.7 Å². The van der Waals surface area contributed by atoms with E-state index in [0.29, 0.717) is 24.3 Å². The van der Waals surface area contributed by atoms with Crippen LogP contribution in [0.1, 0.15) is 33.1 Å². The molecule has 0 amide bonds. The fourth-order valence-electron chi connectivity index (χ4n) is 5.19. The zero-order chi connectivity index (χ0) is 17.7. The molecule has 130 valence electrons. The molecule has 0 aliphatic heterocycles.